The van der Waals surface area contributed by atoms with E-state index in [1.54, 1.807) is 0 Å². The van der Waals surface area contributed by atoms with Gasteiger partial charge in [-0.2, -0.15) is 0 Å². The van der Waals surface area contributed by atoms with Crippen LogP contribution < -0.4 is 5.73 Å². The van der Waals surface area contributed by atoms with Gasteiger partial charge in [0.1, 0.15) is 0 Å². The van der Waals surface area contributed by atoms with Crippen LogP contribution in [0, 0.1) is 17.8 Å². The highest BCUT2D eigenvalue weighted by Gasteiger charge is 2.29. The van der Waals surface area contributed by atoms with Gasteiger partial charge in [-0.1, -0.05) is 25.5 Å². The summed E-state index contributed by atoms with van der Waals surface area (Å²) in [7, 11) is 2.29. The molecule has 2 N–H and O–H groups in total. The van der Waals surface area contributed by atoms with Crippen LogP contribution in [0.3, 0.4) is 0 Å². The number of hydrogen-bond donors (Lipinski definition) is 1. The molecule has 0 heterocycles. The second kappa shape index (κ2) is 8.84. The van der Waals surface area contributed by atoms with Crippen molar-refractivity contribution in [2.24, 2.45) is 23.5 Å². The Bertz CT molecular complexity index is 287. The maximum absolute atomic E-state index is 5.78. The lowest BCUT2D eigenvalue weighted by Crippen LogP contribution is -2.37. The zero-order chi connectivity index (χ0) is 15.1. The van der Waals surface area contributed by atoms with Crippen molar-refractivity contribution in [3.05, 3.63) is 12.2 Å². The molecule has 1 aliphatic rings. The number of allylic oxidation sites excluding steroid dienone is 1. The Morgan fingerprint density at radius 2 is 1.95 bits per heavy atom. The molecule has 0 aromatic rings. The van der Waals surface area contributed by atoms with Gasteiger partial charge in [-0.25, -0.2) is 0 Å². The fourth-order valence-electron chi connectivity index (χ4n) is 3.81. The van der Waals surface area contributed by atoms with Crippen molar-refractivity contribution in [1.82, 2.24) is 4.90 Å². The van der Waals surface area contributed by atoms with Crippen molar-refractivity contribution >= 4 is 0 Å². The van der Waals surface area contributed by atoms with Crippen LogP contribution in [-0.2, 0) is 0 Å². The Morgan fingerprint density at radius 3 is 2.50 bits per heavy atom. The van der Waals surface area contributed by atoms with E-state index >= 15 is 0 Å². The molecule has 0 aromatic heterocycles. The van der Waals surface area contributed by atoms with Crippen LogP contribution in [0.15, 0.2) is 12.2 Å². The fraction of sp³-hybridized carbons (Fsp3) is 0.889. The van der Waals surface area contributed by atoms with Gasteiger partial charge in [0, 0.05) is 12.6 Å². The van der Waals surface area contributed by atoms with E-state index in [4.69, 9.17) is 5.73 Å². The minimum atomic E-state index is 0.707. The van der Waals surface area contributed by atoms with Gasteiger partial charge in [-0.05, 0) is 77.3 Å². The molecular formula is C18H36N2. The molecule has 2 nitrogen and oxygen atoms in total. The van der Waals surface area contributed by atoms with E-state index in [-0.39, 0.29) is 0 Å². The highest BCUT2D eigenvalue weighted by Crippen LogP contribution is 2.38. The fourth-order valence-corrected chi connectivity index (χ4v) is 3.81. The second-order valence-electron chi connectivity index (χ2n) is 7.14. The smallest absolute Gasteiger partial charge is 0.00638 e. The lowest BCUT2D eigenvalue weighted by atomic mass is 9.71. The molecule has 1 rings (SSSR count). The summed E-state index contributed by atoms with van der Waals surface area (Å²) in [4.78, 5) is 2.56. The van der Waals surface area contributed by atoms with Crippen LogP contribution in [0.2, 0.25) is 0 Å². The van der Waals surface area contributed by atoms with E-state index in [1.165, 1.54) is 50.6 Å². The number of rotatable bonds is 8. The Kier molecular flexibility index (Phi) is 7.83. The Balaban J connectivity index is 2.56. The minimum absolute atomic E-state index is 0.707. The maximum Gasteiger partial charge on any atom is 0.00638 e. The summed E-state index contributed by atoms with van der Waals surface area (Å²) >= 11 is 0. The topological polar surface area (TPSA) is 29.3 Å². The largest absolute Gasteiger partial charge is 0.330 e. The molecule has 0 bridgehead atoms. The van der Waals surface area contributed by atoms with Crippen molar-refractivity contribution in [3.63, 3.8) is 0 Å². The highest BCUT2D eigenvalue weighted by atomic mass is 15.1. The van der Waals surface area contributed by atoms with Crippen LogP contribution in [0.1, 0.15) is 59.3 Å². The van der Waals surface area contributed by atoms with E-state index in [0.717, 1.165) is 24.3 Å². The van der Waals surface area contributed by atoms with Gasteiger partial charge < -0.3 is 10.6 Å². The molecular weight excluding hydrogens is 244 g/mol. The van der Waals surface area contributed by atoms with Crippen LogP contribution in [-0.4, -0.2) is 31.1 Å². The minimum Gasteiger partial charge on any atom is -0.330 e. The lowest BCUT2D eigenvalue weighted by Gasteiger charge is -2.38. The average molecular weight is 280 g/mol. The number of hydrogen-bond acceptors (Lipinski definition) is 2. The van der Waals surface area contributed by atoms with E-state index in [2.05, 4.69) is 39.3 Å². The van der Waals surface area contributed by atoms with Crippen molar-refractivity contribution < 1.29 is 0 Å². The van der Waals surface area contributed by atoms with Crippen LogP contribution in [0.25, 0.3) is 0 Å². The summed E-state index contributed by atoms with van der Waals surface area (Å²) in [6.45, 7) is 13.1. The molecule has 0 saturated heterocycles. The molecule has 1 fully saturated rings. The van der Waals surface area contributed by atoms with Crippen molar-refractivity contribution in [3.8, 4) is 0 Å². The van der Waals surface area contributed by atoms with E-state index < -0.39 is 0 Å². The quantitative estimate of drug-likeness (QED) is 0.679. The molecule has 3 unspecified atom stereocenters. The second-order valence-corrected chi connectivity index (χ2v) is 7.14. The predicted molar refractivity (Wildman–Crippen MR) is 89.8 cm³/mol. The molecule has 1 aliphatic carbocycles. The van der Waals surface area contributed by atoms with Gasteiger partial charge in [-0.3, -0.25) is 0 Å². The van der Waals surface area contributed by atoms with Crippen molar-refractivity contribution in [2.45, 2.75) is 65.3 Å². The van der Waals surface area contributed by atoms with E-state index in [9.17, 15) is 0 Å². The van der Waals surface area contributed by atoms with Gasteiger partial charge in [-0.15, -0.1) is 0 Å². The molecule has 4 atom stereocenters. The average Bonchev–Trinajstić information content (AvgIpc) is 2.39. The summed E-state index contributed by atoms with van der Waals surface area (Å²) < 4.78 is 0. The van der Waals surface area contributed by atoms with E-state index in [1.807, 2.05) is 0 Å². The lowest BCUT2D eigenvalue weighted by molar-refractivity contribution is 0.139. The zero-order valence-corrected chi connectivity index (χ0v) is 14.2. The van der Waals surface area contributed by atoms with E-state index in [0.29, 0.717) is 6.04 Å². The highest BCUT2D eigenvalue weighted by molar-refractivity contribution is 5.00. The first-order valence-corrected chi connectivity index (χ1v) is 8.53. The molecule has 0 spiro atoms. The molecule has 0 radical (unpaired) electrons. The van der Waals surface area contributed by atoms with Gasteiger partial charge in [0.25, 0.3) is 0 Å². The van der Waals surface area contributed by atoms with Gasteiger partial charge in [0.05, 0.1) is 0 Å². The molecule has 118 valence electrons. The van der Waals surface area contributed by atoms with Gasteiger partial charge in [0.2, 0.25) is 0 Å². The third kappa shape index (κ3) is 5.57. The molecule has 0 amide bonds. The van der Waals surface area contributed by atoms with Crippen molar-refractivity contribution in [1.29, 1.82) is 0 Å². The summed E-state index contributed by atoms with van der Waals surface area (Å²) in [5, 5.41) is 0. The zero-order valence-electron chi connectivity index (χ0n) is 14.2. The Labute approximate surface area is 126 Å². The third-order valence-corrected chi connectivity index (χ3v) is 5.18. The summed E-state index contributed by atoms with van der Waals surface area (Å²) in [5.74, 6) is 2.36. The summed E-state index contributed by atoms with van der Waals surface area (Å²) in [6.07, 6.45) is 7.79. The summed E-state index contributed by atoms with van der Waals surface area (Å²) in [5.41, 5.74) is 7.16. The van der Waals surface area contributed by atoms with Gasteiger partial charge in [0.15, 0.2) is 0 Å². The maximum atomic E-state index is 5.78. The van der Waals surface area contributed by atoms with Crippen molar-refractivity contribution in [2.75, 3.05) is 20.1 Å². The molecule has 2 heteroatoms. The first-order valence-electron chi connectivity index (χ1n) is 8.53. The Hall–Kier alpha value is -0.340. The molecule has 0 aliphatic heterocycles. The van der Waals surface area contributed by atoms with Crippen LogP contribution in [0.5, 0.6) is 0 Å². The number of nitrogens with two attached hydrogens (primary N) is 1. The molecule has 0 aromatic carbocycles. The van der Waals surface area contributed by atoms with Crippen LogP contribution in [0.4, 0.5) is 0 Å². The van der Waals surface area contributed by atoms with Crippen LogP contribution >= 0.6 is 0 Å². The standard InChI is InChI=1S/C18H36N2/c1-6-7-15(4)20(5)13-17-10-16(8-9-19)11-18(12-17)14(2)3/h15-18H,2,6-13,19H2,1,3-5H3/t15?,16?,17?,18-/m0/s1. The Morgan fingerprint density at radius 1 is 1.30 bits per heavy atom. The first kappa shape index (κ1) is 17.7. The molecule has 1 saturated carbocycles. The first-order chi connectivity index (χ1) is 9.47. The number of nitrogens with zero attached hydrogens (tertiary/aromatic N) is 1. The normalized spacial score (nSPS) is 28.6. The van der Waals surface area contributed by atoms with Gasteiger partial charge >= 0.3 is 0 Å². The molecule has 20 heavy (non-hydrogen) atoms. The predicted octanol–water partition coefficient (Wildman–Crippen LogP) is 4.06. The SMILES string of the molecule is C=C(C)[C@H]1CC(CCN)CC(CN(C)C(C)CCC)C1. The monoisotopic (exact) mass is 280 g/mol. The third-order valence-electron chi connectivity index (χ3n) is 5.18. The summed E-state index contributed by atoms with van der Waals surface area (Å²) in [6, 6.07) is 0.707.